The summed E-state index contributed by atoms with van der Waals surface area (Å²) in [5, 5.41) is 9.78. The van der Waals surface area contributed by atoms with Gasteiger partial charge >= 0.3 is 5.97 Å². The van der Waals surface area contributed by atoms with E-state index in [0.29, 0.717) is 33.8 Å². The van der Waals surface area contributed by atoms with E-state index in [1.165, 1.54) is 11.3 Å². The van der Waals surface area contributed by atoms with Gasteiger partial charge in [0, 0.05) is 6.42 Å². The number of ether oxygens (including phenoxy) is 1. The van der Waals surface area contributed by atoms with Gasteiger partial charge in [-0.1, -0.05) is 56.8 Å². The average Bonchev–Trinajstić information content (AvgIpc) is 3.07. The van der Waals surface area contributed by atoms with Gasteiger partial charge in [0.1, 0.15) is 10.0 Å². The van der Waals surface area contributed by atoms with E-state index >= 15 is 0 Å². The van der Waals surface area contributed by atoms with Gasteiger partial charge in [0.25, 0.3) is 0 Å². The SMILES string of the molecule is CCCC#Cc1cc(N=Nc2ccc(C(=O)OCC(CC)CC)cc2)sc1N. The van der Waals surface area contributed by atoms with E-state index in [4.69, 9.17) is 10.5 Å². The van der Waals surface area contributed by atoms with Crippen LogP contribution in [0.2, 0.25) is 0 Å². The lowest BCUT2D eigenvalue weighted by molar-refractivity contribution is 0.0433. The Labute approximate surface area is 171 Å². The highest BCUT2D eigenvalue weighted by atomic mass is 32.1. The molecule has 1 aromatic carbocycles. The number of hydrogen-bond donors (Lipinski definition) is 1. The molecule has 1 aromatic heterocycles. The molecule has 0 atom stereocenters. The summed E-state index contributed by atoms with van der Waals surface area (Å²) in [6, 6.07) is 8.74. The Hall–Kier alpha value is -2.65. The normalized spacial score (nSPS) is 10.9. The van der Waals surface area contributed by atoms with E-state index in [0.717, 1.165) is 31.2 Å². The highest BCUT2D eigenvalue weighted by molar-refractivity contribution is 7.19. The number of benzene rings is 1. The van der Waals surface area contributed by atoms with Crippen LogP contribution in [-0.2, 0) is 4.74 Å². The van der Waals surface area contributed by atoms with Crippen LogP contribution in [0.4, 0.5) is 15.7 Å². The van der Waals surface area contributed by atoms with Gasteiger partial charge < -0.3 is 10.5 Å². The van der Waals surface area contributed by atoms with Crippen molar-refractivity contribution in [1.29, 1.82) is 0 Å². The van der Waals surface area contributed by atoms with Crippen molar-refractivity contribution in [2.75, 3.05) is 12.3 Å². The van der Waals surface area contributed by atoms with Gasteiger partial charge in [-0.05, 0) is 42.7 Å². The molecule has 2 N–H and O–H groups in total. The number of anilines is 1. The fourth-order valence-corrected chi connectivity index (χ4v) is 3.10. The molecule has 0 amide bonds. The van der Waals surface area contributed by atoms with Crippen molar-refractivity contribution in [3.63, 3.8) is 0 Å². The molecule has 0 aliphatic carbocycles. The second kappa shape index (κ2) is 11.3. The van der Waals surface area contributed by atoms with E-state index in [1.807, 2.05) is 6.07 Å². The summed E-state index contributed by atoms with van der Waals surface area (Å²) in [6.45, 7) is 6.74. The van der Waals surface area contributed by atoms with Crippen LogP contribution in [0.1, 0.15) is 62.4 Å². The molecule has 2 aromatic rings. The molecule has 148 valence electrons. The third-order valence-corrected chi connectivity index (χ3v) is 5.17. The Bertz CT molecular complexity index is 856. The van der Waals surface area contributed by atoms with Crippen molar-refractivity contribution >= 4 is 33.0 Å². The standard InChI is InChI=1S/C22H27N3O2S/c1-4-7-8-9-18-14-20(28-21(18)23)25-24-19-12-10-17(11-13-19)22(26)27-15-16(5-2)6-3/h10-14,16H,4-7,15,23H2,1-3H3. The van der Waals surface area contributed by atoms with Gasteiger partial charge in [-0.15, -0.1) is 10.2 Å². The molecule has 0 bridgehead atoms. The van der Waals surface area contributed by atoms with E-state index in [2.05, 4.69) is 42.8 Å². The van der Waals surface area contributed by atoms with Gasteiger partial charge in [0.15, 0.2) is 0 Å². The van der Waals surface area contributed by atoms with Crippen LogP contribution in [0.3, 0.4) is 0 Å². The molecule has 0 aliphatic rings. The van der Waals surface area contributed by atoms with Crippen molar-refractivity contribution in [3.8, 4) is 11.8 Å². The minimum absolute atomic E-state index is 0.309. The molecule has 5 nitrogen and oxygen atoms in total. The largest absolute Gasteiger partial charge is 0.462 e. The smallest absolute Gasteiger partial charge is 0.338 e. The first kappa shape index (κ1) is 21.6. The predicted molar refractivity (Wildman–Crippen MR) is 115 cm³/mol. The first-order valence-corrected chi connectivity index (χ1v) is 10.5. The maximum absolute atomic E-state index is 12.1. The van der Waals surface area contributed by atoms with Crippen LogP contribution in [0.15, 0.2) is 40.6 Å². The molecule has 0 fully saturated rings. The molecule has 1 heterocycles. The lowest BCUT2D eigenvalue weighted by Gasteiger charge is -2.12. The van der Waals surface area contributed by atoms with Crippen molar-refractivity contribution in [1.82, 2.24) is 0 Å². The Kier molecular flexibility index (Phi) is 8.70. The Balaban J connectivity index is 1.98. The fraction of sp³-hybridized carbons (Fsp3) is 0.409. The molecule has 0 unspecified atom stereocenters. The first-order valence-electron chi connectivity index (χ1n) is 9.64. The third-order valence-electron chi connectivity index (χ3n) is 4.32. The molecule has 0 aliphatic heterocycles. The van der Waals surface area contributed by atoms with E-state index in [1.54, 1.807) is 24.3 Å². The molecule has 6 heteroatoms. The maximum Gasteiger partial charge on any atom is 0.338 e. The van der Waals surface area contributed by atoms with Gasteiger partial charge in [0.2, 0.25) is 0 Å². The quantitative estimate of drug-likeness (QED) is 0.314. The summed E-state index contributed by atoms with van der Waals surface area (Å²) < 4.78 is 5.38. The van der Waals surface area contributed by atoms with Crippen molar-refractivity contribution in [3.05, 3.63) is 41.5 Å². The number of nitrogen functional groups attached to an aromatic ring is 1. The molecular weight excluding hydrogens is 370 g/mol. The lowest BCUT2D eigenvalue weighted by atomic mass is 10.1. The van der Waals surface area contributed by atoms with Gasteiger partial charge in [-0.3, -0.25) is 0 Å². The van der Waals surface area contributed by atoms with Gasteiger partial charge in [-0.2, -0.15) is 0 Å². The van der Waals surface area contributed by atoms with E-state index < -0.39 is 0 Å². The van der Waals surface area contributed by atoms with Crippen LogP contribution in [0.5, 0.6) is 0 Å². The molecular formula is C22H27N3O2S. The number of nitrogens with two attached hydrogens (primary N) is 1. The highest BCUT2D eigenvalue weighted by Gasteiger charge is 2.10. The summed E-state index contributed by atoms with van der Waals surface area (Å²) in [4.78, 5) is 12.1. The molecule has 2 rings (SSSR count). The first-order chi connectivity index (χ1) is 13.6. The topological polar surface area (TPSA) is 77.0 Å². The average molecular weight is 398 g/mol. The Morgan fingerprint density at radius 1 is 1.18 bits per heavy atom. The molecule has 28 heavy (non-hydrogen) atoms. The van der Waals surface area contributed by atoms with Crippen LogP contribution < -0.4 is 5.73 Å². The van der Waals surface area contributed by atoms with E-state index in [-0.39, 0.29) is 5.97 Å². The number of hydrogen-bond acceptors (Lipinski definition) is 6. The van der Waals surface area contributed by atoms with Crippen molar-refractivity contribution in [2.45, 2.75) is 46.5 Å². The lowest BCUT2D eigenvalue weighted by Crippen LogP contribution is -2.13. The fourth-order valence-electron chi connectivity index (χ4n) is 2.39. The van der Waals surface area contributed by atoms with Gasteiger partial charge in [0.05, 0.1) is 23.4 Å². The number of azo groups is 1. The summed E-state index contributed by atoms with van der Waals surface area (Å²) in [5.74, 6) is 6.24. The number of esters is 1. The van der Waals surface area contributed by atoms with Crippen molar-refractivity contribution < 1.29 is 9.53 Å². The van der Waals surface area contributed by atoms with Gasteiger partial charge in [-0.25, -0.2) is 4.79 Å². The molecule has 0 radical (unpaired) electrons. The third kappa shape index (κ3) is 6.50. The number of rotatable bonds is 8. The zero-order valence-corrected chi connectivity index (χ0v) is 17.5. The summed E-state index contributed by atoms with van der Waals surface area (Å²) in [7, 11) is 0. The number of carbonyl (C=O) groups excluding carboxylic acids is 1. The van der Waals surface area contributed by atoms with Crippen LogP contribution in [0.25, 0.3) is 0 Å². The van der Waals surface area contributed by atoms with Crippen molar-refractivity contribution in [2.24, 2.45) is 16.1 Å². The Morgan fingerprint density at radius 2 is 1.89 bits per heavy atom. The zero-order valence-electron chi connectivity index (χ0n) is 16.7. The minimum Gasteiger partial charge on any atom is -0.462 e. The number of unbranched alkanes of at least 4 members (excludes halogenated alkanes) is 1. The summed E-state index contributed by atoms with van der Waals surface area (Å²) >= 11 is 1.35. The van der Waals surface area contributed by atoms with Crippen LogP contribution in [0, 0.1) is 17.8 Å². The number of thiophene rings is 1. The summed E-state index contributed by atoms with van der Waals surface area (Å²) in [6.07, 6.45) is 3.87. The zero-order chi connectivity index (χ0) is 20.4. The minimum atomic E-state index is -0.309. The molecule has 0 saturated carbocycles. The number of carbonyl (C=O) groups is 1. The van der Waals surface area contributed by atoms with Crippen LogP contribution in [-0.4, -0.2) is 12.6 Å². The van der Waals surface area contributed by atoms with E-state index in [9.17, 15) is 4.79 Å². The number of nitrogens with zero attached hydrogens (tertiary/aromatic N) is 2. The molecule has 0 saturated heterocycles. The predicted octanol–water partition coefficient (Wildman–Crippen LogP) is 6.49. The second-order valence-electron chi connectivity index (χ2n) is 6.44. The highest BCUT2D eigenvalue weighted by Crippen LogP contribution is 2.32. The maximum atomic E-state index is 12.1. The Morgan fingerprint density at radius 3 is 2.54 bits per heavy atom. The summed E-state index contributed by atoms with van der Waals surface area (Å²) in [5.41, 5.74) is 7.94. The van der Waals surface area contributed by atoms with Crippen LogP contribution >= 0.6 is 11.3 Å². The second-order valence-corrected chi connectivity index (χ2v) is 7.50. The molecule has 0 spiro atoms. The monoisotopic (exact) mass is 397 g/mol.